The Labute approximate surface area is 149 Å². The second-order valence-corrected chi connectivity index (χ2v) is 8.70. The highest BCUT2D eigenvalue weighted by Crippen LogP contribution is 2.59. The van der Waals surface area contributed by atoms with Crippen LogP contribution in [0.4, 0.5) is 0 Å². The minimum Gasteiger partial charge on any atom is -0.462 e. The van der Waals surface area contributed by atoms with Gasteiger partial charge in [-0.15, -0.1) is 0 Å². The molecule has 2 saturated carbocycles. The second-order valence-electron chi connectivity index (χ2n) is 8.70. The van der Waals surface area contributed by atoms with E-state index < -0.39 is 11.0 Å². The van der Waals surface area contributed by atoms with Crippen molar-refractivity contribution in [1.29, 1.82) is 0 Å². The van der Waals surface area contributed by atoms with E-state index in [4.69, 9.17) is 9.47 Å². The Morgan fingerprint density at radius 1 is 1.48 bits per heavy atom. The van der Waals surface area contributed by atoms with E-state index in [1.807, 2.05) is 20.8 Å². The molecule has 5 heteroatoms. The molecule has 3 rings (SSSR count). The average Bonchev–Trinajstić information content (AvgIpc) is 2.81. The normalized spacial score (nSPS) is 44.5. The van der Waals surface area contributed by atoms with Crippen LogP contribution in [0.3, 0.4) is 0 Å². The molecule has 0 spiro atoms. The van der Waals surface area contributed by atoms with E-state index in [1.54, 1.807) is 0 Å². The largest absolute Gasteiger partial charge is 0.462 e. The maximum atomic E-state index is 12.4. The van der Waals surface area contributed by atoms with Crippen molar-refractivity contribution in [2.75, 3.05) is 0 Å². The number of aliphatic hydroxyl groups is 1. The van der Waals surface area contributed by atoms with Gasteiger partial charge in [0.1, 0.15) is 12.2 Å². The van der Waals surface area contributed by atoms with Gasteiger partial charge in [0.25, 0.3) is 0 Å². The molecular weight excluding hydrogens is 320 g/mol. The SMILES string of the molecule is C=C1C(=O)O[C@@H]2C[C@]3(C)[C@@H](C[C@H]12)[C@](C)(O)CC[C@H]3OC(=O)[C@H](C)CC. The fraction of sp³-hybridized carbons (Fsp3) is 0.800. The number of rotatable bonds is 3. The summed E-state index contributed by atoms with van der Waals surface area (Å²) in [6, 6.07) is 0. The second kappa shape index (κ2) is 6.11. The van der Waals surface area contributed by atoms with Crippen LogP contribution >= 0.6 is 0 Å². The van der Waals surface area contributed by atoms with Gasteiger partial charge in [0.05, 0.1) is 11.5 Å². The minimum atomic E-state index is -0.842. The molecule has 1 N–H and O–H groups in total. The Morgan fingerprint density at radius 2 is 2.16 bits per heavy atom. The van der Waals surface area contributed by atoms with Gasteiger partial charge in [-0.25, -0.2) is 4.79 Å². The molecule has 25 heavy (non-hydrogen) atoms. The summed E-state index contributed by atoms with van der Waals surface area (Å²) in [7, 11) is 0. The Kier molecular flexibility index (Phi) is 4.51. The Morgan fingerprint density at radius 3 is 2.80 bits per heavy atom. The van der Waals surface area contributed by atoms with Crippen LogP contribution in [-0.2, 0) is 19.1 Å². The lowest BCUT2D eigenvalue weighted by atomic mass is 9.51. The molecule has 0 amide bonds. The fourth-order valence-electron chi connectivity index (χ4n) is 5.11. The lowest BCUT2D eigenvalue weighted by Gasteiger charge is -2.57. The van der Waals surface area contributed by atoms with Crippen LogP contribution in [0.15, 0.2) is 12.2 Å². The quantitative estimate of drug-likeness (QED) is 0.626. The van der Waals surface area contributed by atoms with Gasteiger partial charge < -0.3 is 14.6 Å². The number of fused-ring (bicyclic) bond motifs is 2. The molecule has 0 unspecified atom stereocenters. The predicted octanol–water partition coefficient (Wildman–Crippen LogP) is 3.00. The summed E-state index contributed by atoms with van der Waals surface area (Å²) in [5.41, 5.74) is -0.733. The smallest absolute Gasteiger partial charge is 0.334 e. The lowest BCUT2D eigenvalue weighted by molar-refractivity contribution is -0.208. The van der Waals surface area contributed by atoms with Crippen LogP contribution in [0, 0.1) is 23.2 Å². The highest BCUT2D eigenvalue weighted by atomic mass is 16.6. The molecule has 0 radical (unpaired) electrons. The highest BCUT2D eigenvalue weighted by molar-refractivity contribution is 5.90. The molecule has 5 nitrogen and oxygen atoms in total. The van der Waals surface area contributed by atoms with E-state index >= 15 is 0 Å². The van der Waals surface area contributed by atoms with Crippen LogP contribution < -0.4 is 0 Å². The third-order valence-electron chi connectivity index (χ3n) is 7.02. The molecule has 7 atom stereocenters. The lowest BCUT2D eigenvalue weighted by Crippen LogP contribution is -2.60. The summed E-state index contributed by atoms with van der Waals surface area (Å²) in [5.74, 6) is -0.740. The first-order valence-electron chi connectivity index (χ1n) is 9.42. The van der Waals surface area contributed by atoms with E-state index in [2.05, 4.69) is 13.5 Å². The molecule has 0 aromatic heterocycles. The van der Waals surface area contributed by atoms with Crippen molar-refractivity contribution in [1.82, 2.24) is 0 Å². The minimum absolute atomic E-state index is 0.0407. The fourth-order valence-corrected chi connectivity index (χ4v) is 5.11. The van der Waals surface area contributed by atoms with Crippen LogP contribution in [0.1, 0.15) is 59.8 Å². The van der Waals surface area contributed by atoms with Crippen LogP contribution in [0.5, 0.6) is 0 Å². The Hall–Kier alpha value is -1.36. The number of hydrogen-bond acceptors (Lipinski definition) is 5. The molecule has 3 aliphatic rings. The van der Waals surface area contributed by atoms with Crippen molar-refractivity contribution in [2.45, 2.75) is 77.6 Å². The van der Waals surface area contributed by atoms with Gasteiger partial charge in [-0.1, -0.05) is 27.4 Å². The number of ether oxygens (including phenoxy) is 2. The molecule has 1 saturated heterocycles. The first-order chi connectivity index (χ1) is 11.6. The van der Waals surface area contributed by atoms with Crippen molar-refractivity contribution in [3.63, 3.8) is 0 Å². The van der Waals surface area contributed by atoms with Crippen molar-refractivity contribution < 1.29 is 24.2 Å². The summed E-state index contributed by atoms with van der Waals surface area (Å²) >= 11 is 0. The number of carbonyl (C=O) groups excluding carboxylic acids is 2. The molecule has 0 bridgehead atoms. The zero-order valence-electron chi connectivity index (χ0n) is 15.7. The maximum Gasteiger partial charge on any atom is 0.334 e. The van der Waals surface area contributed by atoms with E-state index in [0.717, 1.165) is 6.42 Å². The third kappa shape index (κ3) is 2.90. The number of carbonyl (C=O) groups is 2. The van der Waals surface area contributed by atoms with Crippen molar-refractivity contribution in [2.24, 2.45) is 23.2 Å². The van der Waals surface area contributed by atoms with Gasteiger partial charge in [0.2, 0.25) is 0 Å². The number of esters is 2. The summed E-state index contributed by atoms with van der Waals surface area (Å²) in [6.45, 7) is 11.7. The first kappa shape index (κ1) is 18.4. The standard InChI is InChI=1S/C20H30O5/c1-6-11(2)17(21)25-16-7-8-20(5,23)15-9-13-12(3)18(22)24-14(13)10-19(15,16)4/h11,13-16,23H,3,6-10H2,1-2,4-5H3/t11-,13-,14-,15-,16-,19-,20-/m1/s1. The van der Waals surface area contributed by atoms with Gasteiger partial charge in [0.15, 0.2) is 0 Å². The molecule has 2 aliphatic carbocycles. The van der Waals surface area contributed by atoms with E-state index in [0.29, 0.717) is 31.3 Å². The highest BCUT2D eigenvalue weighted by Gasteiger charge is 2.61. The van der Waals surface area contributed by atoms with Gasteiger partial charge in [-0.05, 0) is 44.9 Å². The van der Waals surface area contributed by atoms with Gasteiger partial charge >= 0.3 is 11.9 Å². The third-order valence-corrected chi connectivity index (χ3v) is 7.02. The Bertz CT molecular complexity index is 595. The molecule has 3 fully saturated rings. The summed E-state index contributed by atoms with van der Waals surface area (Å²) < 4.78 is 11.4. The summed E-state index contributed by atoms with van der Waals surface area (Å²) in [5, 5.41) is 11.0. The zero-order valence-corrected chi connectivity index (χ0v) is 15.7. The van der Waals surface area contributed by atoms with Gasteiger partial charge in [0, 0.05) is 16.9 Å². The van der Waals surface area contributed by atoms with Crippen LogP contribution in [0.2, 0.25) is 0 Å². The van der Waals surface area contributed by atoms with Crippen molar-refractivity contribution >= 4 is 11.9 Å². The first-order valence-corrected chi connectivity index (χ1v) is 9.42. The molecular formula is C20H30O5. The monoisotopic (exact) mass is 350 g/mol. The topological polar surface area (TPSA) is 72.8 Å². The van der Waals surface area contributed by atoms with Gasteiger partial charge in [-0.3, -0.25) is 4.79 Å². The van der Waals surface area contributed by atoms with E-state index in [1.165, 1.54) is 0 Å². The Balaban J connectivity index is 1.88. The molecule has 1 aliphatic heterocycles. The van der Waals surface area contributed by atoms with Crippen LogP contribution in [0.25, 0.3) is 0 Å². The predicted molar refractivity (Wildman–Crippen MR) is 92.5 cm³/mol. The van der Waals surface area contributed by atoms with Crippen LogP contribution in [-0.4, -0.2) is 34.9 Å². The van der Waals surface area contributed by atoms with E-state index in [-0.39, 0.29) is 41.9 Å². The molecule has 0 aromatic carbocycles. The summed E-state index contributed by atoms with van der Waals surface area (Å²) in [6.07, 6.45) is 2.73. The maximum absolute atomic E-state index is 12.4. The van der Waals surface area contributed by atoms with Crippen molar-refractivity contribution in [3.05, 3.63) is 12.2 Å². The molecule has 0 aromatic rings. The van der Waals surface area contributed by atoms with Crippen molar-refractivity contribution in [3.8, 4) is 0 Å². The summed E-state index contributed by atoms with van der Waals surface area (Å²) in [4.78, 5) is 24.3. The zero-order chi connectivity index (χ0) is 18.6. The van der Waals surface area contributed by atoms with E-state index in [9.17, 15) is 14.7 Å². The molecule has 140 valence electrons. The average molecular weight is 350 g/mol. The van der Waals surface area contributed by atoms with Gasteiger partial charge in [-0.2, -0.15) is 0 Å². The molecule has 1 heterocycles. The number of hydrogen-bond donors (Lipinski definition) is 1.